The Bertz CT molecular complexity index is 412. The molecule has 14 heavy (non-hydrogen) atoms. The third-order valence-corrected chi connectivity index (χ3v) is 2.54. The Kier molecular flexibility index (Phi) is 1.73. The van der Waals surface area contributed by atoms with E-state index in [2.05, 4.69) is 15.0 Å². The van der Waals surface area contributed by atoms with Gasteiger partial charge in [0, 0.05) is 12.8 Å². The van der Waals surface area contributed by atoms with Crippen molar-refractivity contribution in [2.75, 3.05) is 6.61 Å². The number of nitrogens with zero attached hydrogens (tertiary/aromatic N) is 2. The number of H-pyrrole nitrogens is 1. The van der Waals surface area contributed by atoms with E-state index in [1.807, 2.05) is 6.07 Å². The smallest absolute Gasteiger partial charge is 0.136 e. The van der Waals surface area contributed by atoms with Gasteiger partial charge in [-0.2, -0.15) is 0 Å². The monoisotopic (exact) mass is 189 g/mol. The molecule has 1 N–H and O–H groups in total. The zero-order chi connectivity index (χ0) is 9.38. The van der Waals surface area contributed by atoms with Gasteiger partial charge < -0.3 is 9.72 Å². The number of imidazole rings is 1. The van der Waals surface area contributed by atoms with Gasteiger partial charge in [-0.05, 0) is 18.9 Å². The summed E-state index contributed by atoms with van der Waals surface area (Å²) in [6, 6.07) is 1.91. The number of hydrogen-bond acceptors (Lipinski definition) is 3. The fourth-order valence-electron chi connectivity index (χ4n) is 1.82. The molecule has 1 aliphatic heterocycles. The van der Waals surface area contributed by atoms with Crippen molar-refractivity contribution >= 4 is 11.0 Å². The minimum atomic E-state index is 0.155. The van der Waals surface area contributed by atoms with Crippen LogP contribution >= 0.6 is 0 Å². The van der Waals surface area contributed by atoms with E-state index in [9.17, 15) is 0 Å². The largest absolute Gasteiger partial charge is 0.370 e. The Balaban J connectivity index is 2.05. The van der Waals surface area contributed by atoms with Crippen LogP contribution in [0.3, 0.4) is 0 Å². The molecule has 0 saturated carbocycles. The fourth-order valence-corrected chi connectivity index (χ4v) is 1.82. The van der Waals surface area contributed by atoms with E-state index in [1.165, 1.54) is 0 Å². The van der Waals surface area contributed by atoms with E-state index in [0.29, 0.717) is 0 Å². The van der Waals surface area contributed by atoms with Crippen LogP contribution in [0.2, 0.25) is 0 Å². The molecule has 1 atom stereocenters. The van der Waals surface area contributed by atoms with Crippen molar-refractivity contribution in [2.24, 2.45) is 0 Å². The molecule has 1 saturated heterocycles. The van der Waals surface area contributed by atoms with E-state index >= 15 is 0 Å². The molecule has 0 aliphatic carbocycles. The first-order valence-electron chi connectivity index (χ1n) is 4.85. The highest BCUT2D eigenvalue weighted by Crippen LogP contribution is 2.27. The fraction of sp³-hybridized carbons (Fsp3) is 0.400. The Labute approximate surface area is 81.3 Å². The summed E-state index contributed by atoms with van der Waals surface area (Å²) in [5.74, 6) is 0.936. The molecular weight excluding hydrogens is 178 g/mol. The zero-order valence-corrected chi connectivity index (χ0v) is 7.73. The van der Waals surface area contributed by atoms with Crippen molar-refractivity contribution in [1.29, 1.82) is 0 Å². The predicted octanol–water partition coefficient (Wildman–Crippen LogP) is 1.81. The molecule has 2 aromatic rings. The number of pyridine rings is 1. The van der Waals surface area contributed by atoms with Crippen molar-refractivity contribution in [3.8, 4) is 0 Å². The van der Waals surface area contributed by atoms with Crippen LogP contribution in [0.25, 0.3) is 11.0 Å². The van der Waals surface area contributed by atoms with Crippen molar-refractivity contribution in [1.82, 2.24) is 15.0 Å². The number of ether oxygens (including phenoxy) is 1. The first-order chi connectivity index (χ1) is 6.93. The predicted molar refractivity (Wildman–Crippen MR) is 51.8 cm³/mol. The minimum Gasteiger partial charge on any atom is -0.370 e. The van der Waals surface area contributed by atoms with Crippen molar-refractivity contribution < 1.29 is 4.74 Å². The van der Waals surface area contributed by atoms with E-state index in [0.717, 1.165) is 36.3 Å². The lowest BCUT2D eigenvalue weighted by atomic mass is 10.2. The first kappa shape index (κ1) is 7.94. The summed E-state index contributed by atoms with van der Waals surface area (Å²) in [5.41, 5.74) is 1.95. The summed E-state index contributed by atoms with van der Waals surface area (Å²) in [6.45, 7) is 0.847. The molecular formula is C10H11N3O. The summed E-state index contributed by atoms with van der Waals surface area (Å²) < 4.78 is 5.55. The lowest BCUT2D eigenvalue weighted by molar-refractivity contribution is 0.106. The summed E-state index contributed by atoms with van der Waals surface area (Å²) in [5, 5.41) is 0. The van der Waals surface area contributed by atoms with Crippen molar-refractivity contribution in [2.45, 2.75) is 18.9 Å². The maximum absolute atomic E-state index is 5.55. The summed E-state index contributed by atoms with van der Waals surface area (Å²) >= 11 is 0. The molecule has 4 heteroatoms. The van der Waals surface area contributed by atoms with Crippen LogP contribution < -0.4 is 0 Å². The second-order valence-electron chi connectivity index (χ2n) is 3.52. The van der Waals surface area contributed by atoms with Gasteiger partial charge in [0.25, 0.3) is 0 Å². The minimum absolute atomic E-state index is 0.155. The number of nitrogens with one attached hydrogen (secondary N) is 1. The van der Waals surface area contributed by atoms with Crippen LogP contribution in [0.4, 0.5) is 0 Å². The molecule has 1 unspecified atom stereocenters. The van der Waals surface area contributed by atoms with Crippen molar-refractivity contribution in [3.05, 3.63) is 24.3 Å². The lowest BCUT2D eigenvalue weighted by Gasteiger charge is -2.03. The Morgan fingerprint density at radius 3 is 3.29 bits per heavy atom. The number of aromatic nitrogens is 3. The number of fused-ring (bicyclic) bond motifs is 1. The summed E-state index contributed by atoms with van der Waals surface area (Å²) in [4.78, 5) is 11.8. The molecule has 1 aliphatic rings. The van der Waals surface area contributed by atoms with Gasteiger partial charge in [-0.15, -0.1) is 0 Å². The molecule has 1 fully saturated rings. The zero-order valence-electron chi connectivity index (χ0n) is 7.73. The molecule has 0 amide bonds. The third-order valence-electron chi connectivity index (χ3n) is 2.54. The molecule has 2 aromatic heterocycles. The van der Waals surface area contributed by atoms with Gasteiger partial charge >= 0.3 is 0 Å². The molecule has 4 nitrogen and oxygen atoms in total. The first-order valence-corrected chi connectivity index (χ1v) is 4.85. The van der Waals surface area contributed by atoms with Crippen LogP contribution in [0.15, 0.2) is 18.5 Å². The highest BCUT2D eigenvalue weighted by Gasteiger charge is 2.20. The highest BCUT2D eigenvalue weighted by atomic mass is 16.5. The summed E-state index contributed by atoms with van der Waals surface area (Å²) in [6.07, 6.45) is 5.89. The maximum Gasteiger partial charge on any atom is 0.136 e. The topological polar surface area (TPSA) is 50.8 Å². The van der Waals surface area contributed by atoms with Gasteiger partial charge in [0.2, 0.25) is 0 Å². The van der Waals surface area contributed by atoms with E-state index in [-0.39, 0.29) is 6.10 Å². The van der Waals surface area contributed by atoms with Crippen LogP contribution in [0.1, 0.15) is 24.8 Å². The van der Waals surface area contributed by atoms with Crippen LogP contribution in [0, 0.1) is 0 Å². The Morgan fingerprint density at radius 2 is 2.50 bits per heavy atom. The maximum atomic E-state index is 5.55. The van der Waals surface area contributed by atoms with E-state index in [4.69, 9.17) is 4.74 Å². The highest BCUT2D eigenvalue weighted by molar-refractivity contribution is 5.73. The van der Waals surface area contributed by atoms with Crippen LogP contribution in [0.5, 0.6) is 0 Å². The standard InChI is InChI=1S/C10H11N3O/c1-2-9(14-5-1)10-12-7-3-4-11-6-8(7)13-10/h3-4,6,9H,1-2,5H2,(H,12,13). The van der Waals surface area contributed by atoms with Gasteiger partial charge in [-0.1, -0.05) is 0 Å². The normalized spacial score (nSPS) is 21.9. The molecule has 3 rings (SSSR count). The number of rotatable bonds is 1. The van der Waals surface area contributed by atoms with Gasteiger partial charge in [0.1, 0.15) is 11.9 Å². The molecule has 3 heterocycles. The quantitative estimate of drug-likeness (QED) is 0.744. The van der Waals surface area contributed by atoms with Crippen molar-refractivity contribution in [3.63, 3.8) is 0 Å². The molecule has 0 radical (unpaired) electrons. The van der Waals surface area contributed by atoms with Gasteiger partial charge in [-0.25, -0.2) is 4.98 Å². The number of hydrogen-bond donors (Lipinski definition) is 1. The molecule has 72 valence electrons. The number of aromatic amines is 1. The van der Waals surface area contributed by atoms with Gasteiger partial charge in [0.15, 0.2) is 0 Å². The van der Waals surface area contributed by atoms with Gasteiger partial charge in [-0.3, -0.25) is 4.98 Å². The Morgan fingerprint density at radius 1 is 1.50 bits per heavy atom. The second kappa shape index (κ2) is 3.06. The Hall–Kier alpha value is -1.42. The van der Waals surface area contributed by atoms with Gasteiger partial charge in [0.05, 0.1) is 17.2 Å². The van der Waals surface area contributed by atoms with E-state index in [1.54, 1.807) is 12.4 Å². The molecule has 0 spiro atoms. The SMILES string of the molecule is c1cc2nc(C3CCCO3)[nH]c2cn1. The second-order valence-corrected chi connectivity index (χ2v) is 3.52. The molecule has 0 aromatic carbocycles. The molecule has 0 bridgehead atoms. The average molecular weight is 189 g/mol. The average Bonchev–Trinajstić information content (AvgIpc) is 2.86. The van der Waals surface area contributed by atoms with Crippen LogP contribution in [-0.4, -0.2) is 21.6 Å². The van der Waals surface area contributed by atoms with Crippen LogP contribution in [-0.2, 0) is 4.74 Å². The summed E-state index contributed by atoms with van der Waals surface area (Å²) in [7, 11) is 0. The lowest BCUT2D eigenvalue weighted by Crippen LogP contribution is -1.97. The third kappa shape index (κ3) is 1.19. The van der Waals surface area contributed by atoms with E-state index < -0.39 is 0 Å².